The number of fused-ring (bicyclic) bond motifs is 1. The van der Waals surface area contributed by atoms with E-state index in [2.05, 4.69) is 9.97 Å². The van der Waals surface area contributed by atoms with Gasteiger partial charge in [0, 0.05) is 6.54 Å². The Morgan fingerprint density at radius 1 is 1.50 bits per heavy atom. The first-order chi connectivity index (χ1) is 8.69. The molecule has 0 bridgehead atoms. The number of imidazole rings is 1. The molecule has 0 fully saturated rings. The number of esters is 1. The van der Waals surface area contributed by atoms with E-state index in [1.165, 1.54) is 0 Å². The summed E-state index contributed by atoms with van der Waals surface area (Å²) in [5.74, 6) is -0.192. The lowest BCUT2D eigenvalue weighted by molar-refractivity contribution is -0.144. The molecule has 96 valence electrons. The molecule has 0 aliphatic heterocycles. The predicted molar refractivity (Wildman–Crippen MR) is 69.1 cm³/mol. The van der Waals surface area contributed by atoms with Crippen LogP contribution >= 0.6 is 0 Å². The summed E-state index contributed by atoms with van der Waals surface area (Å²) in [4.78, 5) is 20.5. The third-order valence-corrected chi connectivity index (χ3v) is 2.64. The van der Waals surface area contributed by atoms with Crippen LogP contribution in [0.25, 0.3) is 11.0 Å². The van der Waals surface area contributed by atoms with Crippen molar-refractivity contribution < 1.29 is 9.53 Å². The van der Waals surface area contributed by atoms with Crippen molar-refractivity contribution in [2.24, 2.45) is 0 Å². The maximum atomic E-state index is 11.3. The lowest BCUT2D eigenvalue weighted by Crippen LogP contribution is -2.26. The van der Waals surface area contributed by atoms with Crippen molar-refractivity contribution in [3.05, 3.63) is 30.1 Å². The fourth-order valence-corrected chi connectivity index (χ4v) is 1.88. The Balaban J connectivity index is 1.97. The van der Waals surface area contributed by atoms with Gasteiger partial charge in [0.1, 0.15) is 0 Å². The van der Waals surface area contributed by atoms with Crippen molar-refractivity contribution in [2.75, 3.05) is 20.2 Å². The summed E-state index contributed by atoms with van der Waals surface area (Å²) in [6.07, 6.45) is 1.68. The van der Waals surface area contributed by atoms with Gasteiger partial charge in [0.15, 0.2) is 0 Å². The fourth-order valence-electron chi connectivity index (χ4n) is 1.88. The van der Waals surface area contributed by atoms with Crippen molar-refractivity contribution in [3.63, 3.8) is 0 Å². The molecule has 1 N–H and O–H groups in total. The number of carbonyl (C=O) groups is 1. The van der Waals surface area contributed by atoms with Gasteiger partial charge in [-0.25, -0.2) is 4.98 Å². The first kappa shape index (κ1) is 12.6. The molecule has 2 aromatic rings. The van der Waals surface area contributed by atoms with E-state index in [4.69, 9.17) is 4.74 Å². The third-order valence-electron chi connectivity index (χ3n) is 2.64. The molecule has 1 aromatic carbocycles. The van der Waals surface area contributed by atoms with Crippen molar-refractivity contribution in [1.82, 2.24) is 14.9 Å². The lowest BCUT2D eigenvalue weighted by atomic mass is 10.2. The number of nitrogens with one attached hydrogen (secondary N) is 1. The maximum Gasteiger partial charge on any atom is 0.320 e. The molecule has 5 nitrogen and oxygen atoms in total. The molecule has 0 saturated heterocycles. The second kappa shape index (κ2) is 5.64. The molecular weight excluding hydrogens is 230 g/mol. The summed E-state index contributed by atoms with van der Waals surface area (Å²) in [5, 5.41) is 0. The molecule has 0 radical (unpaired) electrons. The lowest BCUT2D eigenvalue weighted by Gasteiger charge is -2.15. The minimum absolute atomic E-state index is 0.192. The van der Waals surface area contributed by atoms with Crippen LogP contribution in [0.2, 0.25) is 0 Å². The molecule has 0 unspecified atom stereocenters. The van der Waals surface area contributed by atoms with E-state index in [0.717, 1.165) is 16.6 Å². The Bertz CT molecular complexity index is 536. The van der Waals surface area contributed by atoms with Crippen LogP contribution in [0.1, 0.15) is 12.5 Å². The van der Waals surface area contributed by atoms with Gasteiger partial charge >= 0.3 is 5.97 Å². The van der Waals surface area contributed by atoms with Gasteiger partial charge in [-0.2, -0.15) is 0 Å². The minimum Gasteiger partial charge on any atom is -0.465 e. The number of benzene rings is 1. The molecule has 1 heterocycles. The number of likely N-dealkylation sites (N-methyl/N-ethyl adjacent to an activating group) is 1. The summed E-state index contributed by atoms with van der Waals surface area (Å²) >= 11 is 0. The van der Waals surface area contributed by atoms with Crippen molar-refractivity contribution >= 4 is 17.0 Å². The molecule has 0 spiro atoms. The number of aromatic amines is 1. The molecule has 0 atom stereocenters. The molecule has 0 aliphatic rings. The van der Waals surface area contributed by atoms with Crippen LogP contribution in [0.4, 0.5) is 0 Å². The topological polar surface area (TPSA) is 58.2 Å². The van der Waals surface area contributed by atoms with Gasteiger partial charge in [0.25, 0.3) is 0 Å². The van der Waals surface area contributed by atoms with E-state index in [0.29, 0.717) is 19.7 Å². The Kier molecular flexibility index (Phi) is 3.94. The molecule has 1 aromatic heterocycles. The van der Waals surface area contributed by atoms with E-state index in [1.807, 2.05) is 37.1 Å². The van der Waals surface area contributed by atoms with Gasteiger partial charge < -0.3 is 9.72 Å². The van der Waals surface area contributed by atoms with Gasteiger partial charge in [-0.05, 0) is 31.7 Å². The number of hydrogen-bond donors (Lipinski definition) is 1. The summed E-state index contributed by atoms with van der Waals surface area (Å²) in [6.45, 7) is 3.24. The second-order valence-electron chi connectivity index (χ2n) is 4.23. The third kappa shape index (κ3) is 3.07. The quantitative estimate of drug-likeness (QED) is 0.815. The Morgan fingerprint density at radius 3 is 3.11 bits per heavy atom. The summed E-state index contributed by atoms with van der Waals surface area (Å²) in [5.41, 5.74) is 3.10. The van der Waals surface area contributed by atoms with Crippen LogP contribution in [0, 0.1) is 0 Å². The van der Waals surface area contributed by atoms with E-state index < -0.39 is 0 Å². The van der Waals surface area contributed by atoms with E-state index in [-0.39, 0.29) is 5.97 Å². The van der Waals surface area contributed by atoms with Gasteiger partial charge in [-0.15, -0.1) is 0 Å². The smallest absolute Gasteiger partial charge is 0.320 e. The zero-order valence-electron chi connectivity index (χ0n) is 10.6. The van der Waals surface area contributed by atoms with Crippen LogP contribution in [-0.4, -0.2) is 41.0 Å². The van der Waals surface area contributed by atoms with E-state index >= 15 is 0 Å². The number of H-pyrrole nitrogens is 1. The Morgan fingerprint density at radius 2 is 2.33 bits per heavy atom. The molecule has 0 aliphatic carbocycles. The number of rotatable bonds is 5. The summed E-state index contributed by atoms with van der Waals surface area (Å²) < 4.78 is 4.91. The van der Waals surface area contributed by atoms with Crippen LogP contribution in [0.5, 0.6) is 0 Å². The number of ether oxygens (including phenoxy) is 1. The molecule has 0 saturated carbocycles. The average molecular weight is 247 g/mol. The summed E-state index contributed by atoms with van der Waals surface area (Å²) in [7, 11) is 1.90. The number of nitrogens with zero attached hydrogens (tertiary/aromatic N) is 2. The van der Waals surface area contributed by atoms with Crippen LogP contribution in [0.3, 0.4) is 0 Å². The normalized spacial score (nSPS) is 11.1. The summed E-state index contributed by atoms with van der Waals surface area (Å²) in [6, 6.07) is 6.04. The molecule has 2 rings (SSSR count). The zero-order chi connectivity index (χ0) is 13.0. The standard InChI is InChI=1S/C13H17N3O2/c1-3-18-13(17)8-16(2)7-10-4-5-11-12(6-10)15-9-14-11/h4-6,9H,3,7-8H2,1-2H3,(H,14,15). The van der Waals surface area contributed by atoms with E-state index in [9.17, 15) is 4.79 Å². The molecule has 0 amide bonds. The van der Waals surface area contributed by atoms with Gasteiger partial charge in [0.2, 0.25) is 0 Å². The first-order valence-electron chi connectivity index (χ1n) is 5.95. The van der Waals surface area contributed by atoms with Crippen molar-refractivity contribution in [2.45, 2.75) is 13.5 Å². The zero-order valence-corrected chi connectivity index (χ0v) is 10.6. The van der Waals surface area contributed by atoms with Crippen LogP contribution < -0.4 is 0 Å². The molecule has 5 heteroatoms. The highest BCUT2D eigenvalue weighted by Gasteiger charge is 2.08. The highest BCUT2D eigenvalue weighted by atomic mass is 16.5. The Hall–Kier alpha value is -1.88. The second-order valence-corrected chi connectivity index (χ2v) is 4.23. The average Bonchev–Trinajstić information content (AvgIpc) is 2.76. The largest absolute Gasteiger partial charge is 0.465 e. The number of carbonyl (C=O) groups excluding carboxylic acids is 1. The molecular formula is C13H17N3O2. The highest BCUT2D eigenvalue weighted by molar-refractivity contribution is 5.75. The highest BCUT2D eigenvalue weighted by Crippen LogP contribution is 2.12. The Labute approximate surface area is 106 Å². The SMILES string of the molecule is CCOC(=O)CN(C)Cc1ccc2nc[nH]c2c1. The number of aromatic nitrogens is 2. The van der Waals surface area contributed by atoms with Crippen molar-refractivity contribution in [3.8, 4) is 0 Å². The predicted octanol–water partition coefficient (Wildman–Crippen LogP) is 1.56. The van der Waals surface area contributed by atoms with Gasteiger partial charge in [-0.1, -0.05) is 6.07 Å². The van der Waals surface area contributed by atoms with Gasteiger partial charge in [-0.3, -0.25) is 9.69 Å². The van der Waals surface area contributed by atoms with E-state index in [1.54, 1.807) is 6.33 Å². The van der Waals surface area contributed by atoms with Crippen LogP contribution in [-0.2, 0) is 16.1 Å². The van der Waals surface area contributed by atoms with Crippen LogP contribution in [0.15, 0.2) is 24.5 Å². The minimum atomic E-state index is -0.192. The monoisotopic (exact) mass is 247 g/mol. The van der Waals surface area contributed by atoms with Gasteiger partial charge in [0.05, 0.1) is 30.5 Å². The fraction of sp³-hybridized carbons (Fsp3) is 0.385. The first-order valence-corrected chi connectivity index (χ1v) is 5.95. The maximum absolute atomic E-state index is 11.3. The van der Waals surface area contributed by atoms with Crippen molar-refractivity contribution in [1.29, 1.82) is 0 Å². The number of hydrogen-bond acceptors (Lipinski definition) is 4. The molecule has 18 heavy (non-hydrogen) atoms.